The van der Waals surface area contributed by atoms with Crippen molar-refractivity contribution in [2.75, 3.05) is 27.9 Å². The van der Waals surface area contributed by atoms with Crippen LogP contribution in [0.25, 0.3) is 5.82 Å². The summed E-state index contributed by atoms with van der Waals surface area (Å²) in [6.45, 7) is 5.03. The topological polar surface area (TPSA) is 102 Å². The monoisotopic (exact) mass is 428 g/mol. The molecule has 0 aliphatic carbocycles. The Kier molecular flexibility index (Phi) is 6.33. The molecule has 0 saturated carbocycles. The summed E-state index contributed by atoms with van der Waals surface area (Å²) in [6.07, 6.45) is 0. The second-order valence-electron chi connectivity index (χ2n) is 6.83. The number of ether oxygens (including phenoxy) is 4. The van der Waals surface area contributed by atoms with E-state index in [1.807, 2.05) is 11.5 Å². The molecule has 9 heteroatoms. The zero-order chi connectivity index (χ0) is 22.7. The predicted octanol–water partition coefficient (Wildman–Crippen LogP) is 3.46. The Hall–Kier alpha value is -3.75. The highest BCUT2D eigenvalue weighted by Crippen LogP contribution is 2.38. The fourth-order valence-corrected chi connectivity index (χ4v) is 3.35. The second kappa shape index (κ2) is 8.95. The third-order valence-electron chi connectivity index (χ3n) is 4.81. The number of aryl methyl sites for hydroxylation is 2. The lowest BCUT2D eigenvalue weighted by Crippen LogP contribution is -2.15. The van der Waals surface area contributed by atoms with Crippen LogP contribution >= 0.6 is 0 Å². The van der Waals surface area contributed by atoms with Crippen LogP contribution < -0.4 is 14.2 Å². The molecule has 0 N–H and O–H groups in total. The van der Waals surface area contributed by atoms with Crippen LogP contribution in [0.2, 0.25) is 0 Å². The van der Waals surface area contributed by atoms with Crippen molar-refractivity contribution >= 4 is 11.8 Å². The number of ketones is 1. The number of rotatable bonds is 8. The Morgan fingerprint density at radius 1 is 0.968 bits per heavy atom. The molecule has 2 heterocycles. The number of Topliss-reactive ketones (excluding diaryl/α,β-unsaturated/α-hetero) is 1. The van der Waals surface area contributed by atoms with Crippen LogP contribution in [-0.4, -0.2) is 49.4 Å². The molecule has 2 aromatic heterocycles. The van der Waals surface area contributed by atoms with Crippen molar-refractivity contribution in [3.63, 3.8) is 0 Å². The van der Waals surface area contributed by atoms with Gasteiger partial charge in [-0.25, -0.2) is 4.79 Å². The molecule has 0 spiro atoms. The number of nitrogens with zero attached hydrogens (tertiary/aromatic N) is 2. The average molecular weight is 428 g/mol. The standard InChI is InChI=1S/C22H24N2O7/c1-12-7-16(14(3)24(12)20-8-13(2)31-23-20)17(25)11-30-22(26)15-9-18(27-4)21(29-6)19(10-15)28-5/h7-10H,11H2,1-6H3. The SMILES string of the molecule is COc1cc(C(=O)OCC(=O)c2cc(C)n(-c3cc(C)on3)c2C)cc(OC)c1OC. The van der Waals surface area contributed by atoms with Gasteiger partial charge in [0.2, 0.25) is 11.5 Å². The van der Waals surface area contributed by atoms with E-state index in [1.165, 1.54) is 33.5 Å². The van der Waals surface area contributed by atoms with E-state index in [9.17, 15) is 9.59 Å². The predicted molar refractivity (Wildman–Crippen MR) is 111 cm³/mol. The molecule has 0 amide bonds. The maximum absolute atomic E-state index is 12.7. The zero-order valence-electron chi connectivity index (χ0n) is 18.3. The van der Waals surface area contributed by atoms with Gasteiger partial charge in [-0.15, -0.1) is 0 Å². The minimum Gasteiger partial charge on any atom is -0.493 e. The number of benzene rings is 1. The summed E-state index contributed by atoms with van der Waals surface area (Å²) in [7, 11) is 4.36. The van der Waals surface area contributed by atoms with E-state index in [4.69, 9.17) is 23.5 Å². The maximum Gasteiger partial charge on any atom is 0.338 e. The molecule has 9 nitrogen and oxygen atoms in total. The molecule has 0 aliphatic rings. The number of hydrogen-bond donors (Lipinski definition) is 0. The van der Waals surface area contributed by atoms with Gasteiger partial charge in [-0.3, -0.25) is 9.36 Å². The summed E-state index contributed by atoms with van der Waals surface area (Å²) < 4.78 is 27.9. The number of carbonyl (C=O) groups is 2. The van der Waals surface area contributed by atoms with E-state index in [2.05, 4.69) is 5.16 Å². The first-order chi connectivity index (χ1) is 14.8. The van der Waals surface area contributed by atoms with Gasteiger partial charge in [-0.2, -0.15) is 0 Å². The summed E-state index contributed by atoms with van der Waals surface area (Å²) in [5.41, 5.74) is 2.10. The first-order valence-corrected chi connectivity index (χ1v) is 9.43. The molecular weight excluding hydrogens is 404 g/mol. The van der Waals surface area contributed by atoms with Crippen molar-refractivity contribution in [2.24, 2.45) is 0 Å². The lowest BCUT2D eigenvalue weighted by atomic mass is 10.1. The maximum atomic E-state index is 12.7. The van der Waals surface area contributed by atoms with Crippen LogP contribution in [0.3, 0.4) is 0 Å². The first kappa shape index (κ1) is 21.9. The number of carbonyl (C=O) groups excluding carboxylic acids is 2. The number of esters is 1. The summed E-state index contributed by atoms with van der Waals surface area (Å²) in [4.78, 5) is 25.3. The Labute approximate surface area is 179 Å². The second-order valence-corrected chi connectivity index (χ2v) is 6.83. The van der Waals surface area contributed by atoms with E-state index in [1.54, 1.807) is 26.0 Å². The first-order valence-electron chi connectivity index (χ1n) is 9.43. The lowest BCUT2D eigenvalue weighted by molar-refractivity contribution is 0.0474. The zero-order valence-corrected chi connectivity index (χ0v) is 18.3. The van der Waals surface area contributed by atoms with Crippen molar-refractivity contribution < 1.29 is 33.1 Å². The molecule has 31 heavy (non-hydrogen) atoms. The Morgan fingerprint density at radius 3 is 2.13 bits per heavy atom. The Bertz CT molecular complexity index is 1100. The third-order valence-corrected chi connectivity index (χ3v) is 4.81. The summed E-state index contributed by atoms with van der Waals surface area (Å²) >= 11 is 0. The highest BCUT2D eigenvalue weighted by atomic mass is 16.5. The van der Waals surface area contributed by atoms with Crippen molar-refractivity contribution in [3.8, 4) is 23.1 Å². The van der Waals surface area contributed by atoms with Crippen LogP contribution in [0.15, 0.2) is 28.8 Å². The third kappa shape index (κ3) is 4.25. The molecule has 0 aliphatic heterocycles. The molecule has 0 saturated heterocycles. The summed E-state index contributed by atoms with van der Waals surface area (Å²) in [5, 5.41) is 4.00. The fraction of sp³-hybridized carbons (Fsp3) is 0.318. The van der Waals surface area contributed by atoms with Crippen molar-refractivity contribution in [2.45, 2.75) is 20.8 Å². The molecule has 0 fully saturated rings. The fourth-order valence-electron chi connectivity index (χ4n) is 3.35. The Balaban J connectivity index is 1.78. The summed E-state index contributed by atoms with van der Waals surface area (Å²) in [5.74, 6) is 1.20. The lowest BCUT2D eigenvalue weighted by Gasteiger charge is -2.13. The molecule has 0 radical (unpaired) electrons. The van der Waals surface area contributed by atoms with E-state index in [0.29, 0.717) is 40.1 Å². The van der Waals surface area contributed by atoms with Gasteiger partial charge in [-0.05, 0) is 39.0 Å². The molecule has 0 atom stereocenters. The van der Waals surface area contributed by atoms with Crippen molar-refractivity contribution in [3.05, 3.63) is 52.5 Å². The molecule has 1 aromatic carbocycles. The van der Waals surface area contributed by atoms with E-state index >= 15 is 0 Å². The van der Waals surface area contributed by atoms with E-state index < -0.39 is 12.6 Å². The average Bonchev–Trinajstić information content (AvgIpc) is 3.32. The molecule has 0 bridgehead atoms. The van der Waals surface area contributed by atoms with Gasteiger partial charge in [0.25, 0.3) is 0 Å². The number of aromatic nitrogens is 2. The van der Waals surface area contributed by atoms with Crippen molar-refractivity contribution in [1.82, 2.24) is 9.72 Å². The molecule has 0 unspecified atom stereocenters. The molecule has 3 rings (SSSR count). The number of hydrogen-bond acceptors (Lipinski definition) is 8. The van der Waals surface area contributed by atoms with Gasteiger partial charge in [0.05, 0.1) is 26.9 Å². The quantitative estimate of drug-likeness (QED) is 0.397. The van der Waals surface area contributed by atoms with Crippen LogP contribution in [-0.2, 0) is 4.74 Å². The van der Waals surface area contributed by atoms with Crippen molar-refractivity contribution in [1.29, 1.82) is 0 Å². The van der Waals surface area contributed by atoms with Crippen LogP contribution in [0.5, 0.6) is 17.2 Å². The number of methoxy groups -OCH3 is 3. The molecular formula is C22H24N2O7. The smallest absolute Gasteiger partial charge is 0.338 e. The van der Waals surface area contributed by atoms with Gasteiger partial charge in [0.15, 0.2) is 23.9 Å². The normalized spacial score (nSPS) is 10.6. The largest absolute Gasteiger partial charge is 0.493 e. The van der Waals surface area contributed by atoms with Gasteiger partial charge < -0.3 is 23.5 Å². The van der Waals surface area contributed by atoms with Gasteiger partial charge in [-0.1, -0.05) is 5.16 Å². The molecule has 164 valence electrons. The Morgan fingerprint density at radius 2 is 1.61 bits per heavy atom. The van der Waals surface area contributed by atoms with Gasteiger partial charge in [0.1, 0.15) is 5.76 Å². The van der Waals surface area contributed by atoms with E-state index in [0.717, 1.165) is 5.69 Å². The highest BCUT2D eigenvalue weighted by Gasteiger charge is 2.22. The van der Waals surface area contributed by atoms with Gasteiger partial charge >= 0.3 is 5.97 Å². The van der Waals surface area contributed by atoms with Crippen LogP contribution in [0.4, 0.5) is 0 Å². The minimum absolute atomic E-state index is 0.172. The minimum atomic E-state index is -0.687. The van der Waals surface area contributed by atoms with Crippen LogP contribution in [0, 0.1) is 20.8 Å². The highest BCUT2D eigenvalue weighted by molar-refractivity contribution is 6.00. The summed E-state index contributed by atoms with van der Waals surface area (Å²) in [6, 6.07) is 6.44. The molecule has 3 aromatic rings. The van der Waals surface area contributed by atoms with E-state index in [-0.39, 0.29) is 11.3 Å². The van der Waals surface area contributed by atoms with Gasteiger partial charge in [0, 0.05) is 23.0 Å². The van der Waals surface area contributed by atoms with Crippen LogP contribution in [0.1, 0.15) is 37.9 Å².